The fourth-order valence-electron chi connectivity index (χ4n) is 1.64. The van der Waals surface area contributed by atoms with Crippen molar-refractivity contribution in [2.45, 2.75) is 6.92 Å². The van der Waals surface area contributed by atoms with Crippen LogP contribution in [0, 0.1) is 3.57 Å². The van der Waals surface area contributed by atoms with E-state index in [2.05, 4.69) is 5.32 Å². The van der Waals surface area contributed by atoms with E-state index in [9.17, 15) is 9.90 Å². The fourth-order valence-corrected chi connectivity index (χ4v) is 2.50. The number of rotatable bonds is 2. The molecule has 1 aromatic carbocycles. The van der Waals surface area contributed by atoms with Crippen LogP contribution in [0.3, 0.4) is 0 Å². The van der Waals surface area contributed by atoms with Crippen LogP contribution in [0.5, 0.6) is 5.75 Å². The van der Waals surface area contributed by atoms with Crippen molar-refractivity contribution in [2.75, 3.05) is 6.54 Å². The second-order valence-corrected chi connectivity index (χ2v) is 5.30. The number of likely N-dealkylation sites (N-methyl/N-ethyl adjacent to an activating group) is 1. The summed E-state index contributed by atoms with van der Waals surface area (Å²) in [6.45, 7) is 2.42. The number of carbonyl (C=O) groups is 1. The molecule has 1 amide bonds. The fraction of sp³-hybridized carbons (Fsp3) is 0.167. The molecule has 6 heteroatoms. The second kappa shape index (κ2) is 5.23. The van der Waals surface area contributed by atoms with Crippen LogP contribution in [-0.4, -0.2) is 27.6 Å². The maximum Gasteiger partial charge on any atom is 0.276 e. The van der Waals surface area contributed by atoms with E-state index in [0.717, 1.165) is 9.13 Å². The first-order valence-electron chi connectivity index (χ1n) is 5.36. The van der Waals surface area contributed by atoms with Gasteiger partial charge in [0.25, 0.3) is 5.91 Å². The number of thiocarbonyl (C=S) groups is 1. The van der Waals surface area contributed by atoms with Gasteiger partial charge in [0.15, 0.2) is 5.11 Å². The minimum absolute atomic E-state index is 0.120. The molecular formula is C12H11IN2O2S. The smallest absolute Gasteiger partial charge is 0.276 e. The molecule has 1 aliphatic heterocycles. The summed E-state index contributed by atoms with van der Waals surface area (Å²) in [5.74, 6) is 0.111. The first-order valence-corrected chi connectivity index (χ1v) is 6.84. The molecule has 18 heavy (non-hydrogen) atoms. The molecule has 0 aliphatic carbocycles. The van der Waals surface area contributed by atoms with E-state index in [1.165, 1.54) is 4.90 Å². The molecule has 0 bridgehead atoms. The van der Waals surface area contributed by atoms with Gasteiger partial charge in [0, 0.05) is 6.54 Å². The third-order valence-electron chi connectivity index (χ3n) is 2.56. The topological polar surface area (TPSA) is 52.6 Å². The Kier molecular flexibility index (Phi) is 3.86. The van der Waals surface area contributed by atoms with E-state index in [0.29, 0.717) is 17.4 Å². The number of halogens is 1. The van der Waals surface area contributed by atoms with Crippen molar-refractivity contribution in [2.24, 2.45) is 0 Å². The predicted molar refractivity (Wildman–Crippen MR) is 81.9 cm³/mol. The van der Waals surface area contributed by atoms with Gasteiger partial charge in [-0.05, 0) is 65.5 Å². The highest BCUT2D eigenvalue weighted by Crippen LogP contribution is 2.22. The molecule has 0 aromatic heterocycles. The number of hydrogen-bond donors (Lipinski definition) is 2. The number of phenols is 1. The van der Waals surface area contributed by atoms with Crippen molar-refractivity contribution >= 4 is 51.9 Å². The van der Waals surface area contributed by atoms with Gasteiger partial charge in [0.05, 0.1) is 3.57 Å². The number of nitrogens with one attached hydrogen (secondary N) is 1. The molecule has 1 heterocycles. The van der Waals surface area contributed by atoms with Gasteiger partial charge >= 0.3 is 0 Å². The number of nitrogens with zero attached hydrogens (tertiary/aromatic N) is 1. The molecular weight excluding hydrogens is 363 g/mol. The molecule has 94 valence electrons. The Morgan fingerprint density at radius 1 is 1.56 bits per heavy atom. The van der Waals surface area contributed by atoms with E-state index in [1.54, 1.807) is 24.3 Å². The van der Waals surface area contributed by atoms with Gasteiger partial charge in [-0.25, -0.2) is 0 Å². The first-order chi connectivity index (χ1) is 8.52. The molecule has 1 aliphatic rings. The van der Waals surface area contributed by atoms with Gasteiger partial charge in [-0.2, -0.15) is 0 Å². The van der Waals surface area contributed by atoms with Gasteiger partial charge in [-0.1, -0.05) is 6.07 Å². The van der Waals surface area contributed by atoms with Crippen molar-refractivity contribution in [3.05, 3.63) is 33.0 Å². The van der Waals surface area contributed by atoms with Crippen molar-refractivity contribution in [1.82, 2.24) is 10.2 Å². The van der Waals surface area contributed by atoms with Crippen LogP contribution < -0.4 is 5.32 Å². The summed E-state index contributed by atoms with van der Waals surface area (Å²) in [6.07, 6.45) is 1.73. The van der Waals surface area contributed by atoms with Crippen LogP contribution in [0.1, 0.15) is 12.5 Å². The van der Waals surface area contributed by atoms with Gasteiger partial charge in [-0.3, -0.25) is 9.69 Å². The Balaban J connectivity index is 2.32. The van der Waals surface area contributed by atoms with Crippen LogP contribution in [0.25, 0.3) is 6.08 Å². The molecule has 0 saturated carbocycles. The lowest BCUT2D eigenvalue weighted by atomic mass is 10.2. The highest BCUT2D eigenvalue weighted by molar-refractivity contribution is 14.1. The highest BCUT2D eigenvalue weighted by Gasteiger charge is 2.28. The van der Waals surface area contributed by atoms with Gasteiger partial charge in [-0.15, -0.1) is 0 Å². The summed E-state index contributed by atoms with van der Waals surface area (Å²) in [4.78, 5) is 13.5. The van der Waals surface area contributed by atoms with E-state index in [-0.39, 0.29) is 11.7 Å². The standard InChI is InChI=1S/C12H11IN2O2S/c1-2-15-11(17)9(14-12(15)18)6-7-3-4-10(16)8(13)5-7/h3-6,16H,2H2,1H3,(H,14,18)/b9-6-. The van der Waals surface area contributed by atoms with E-state index < -0.39 is 0 Å². The largest absolute Gasteiger partial charge is 0.507 e. The molecule has 0 radical (unpaired) electrons. The third kappa shape index (κ3) is 2.49. The first kappa shape index (κ1) is 13.3. The molecule has 1 saturated heterocycles. The highest BCUT2D eigenvalue weighted by atomic mass is 127. The number of benzene rings is 1. The molecule has 0 atom stereocenters. The number of aromatic hydroxyl groups is 1. The third-order valence-corrected chi connectivity index (χ3v) is 3.75. The lowest BCUT2D eigenvalue weighted by Gasteiger charge is -2.08. The summed E-state index contributed by atoms with van der Waals surface area (Å²) >= 11 is 7.10. The average molecular weight is 374 g/mol. The minimum atomic E-state index is -0.120. The van der Waals surface area contributed by atoms with Crippen molar-refractivity contribution in [3.8, 4) is 5.75 Å². The zero-order valence-corrected chi connectivity index (χ0v) is 12.6. The average Bonchev–Trinajstić information content (AvgIpc) is 2.59. The monoisotopic (exact) mass is 374 g/mol. The van der Waals surface area contributed by atoms with Crippen molar-refractivity contribution < 1.29 is 9.90 Å². The summed E-state index contributed by atoms with van der Waals surface area (Å²) in [5.41, 5.74) is 1.30. The Bertz CT molecular complexity index is 557. The number of hydrogen-bond acceptors (Lipinski definition) is 3. The maximum absolute atomic E-state index is 12.0. The Labute approximate surface area is 124 Å². The van der Waals surface area contributed by atoms with E-state index in [1.807, 2.05) is 29.5 Å². The summed E-state index contributed by atoms with van der Waals surface area (Å²) in [7, 11) is 0. The minimum Gasteiger partial charge on any atom is -0.507 e. The Morgan fingerprint density at radius 3 is 2.83 bits per heavy atom. The Hall–Kier alpha value is -1.15. The number of carbonyl (C=O) groups excluding carboxylic acids is 1. The van der Waals surface area contributed by atoms with E-state index >= 15 is 0 Å². The van der Waals surface area contributed by atoms with Crippen molar-refractivity contribution in [3.63, 3.8) is 0 Å². The second-order valence-electron chi connectivity index (χ2n) is 3.75. The van der Waals surface area contributed by atoms with Crippen LogP contribution in [-0.2, 0) is 4.79 Å². The lowest BCUT2D eigenvalue weighted by molar-refractivity contribution is -0.122. The summed E-state index contributed by atoms with van der Waals surface area (Å²) in [5, 5.41) is 12.8. The van der Waals surface area contributed by atoms with Crippen LogP contribution >= 0.6 is 34.8 Å². The number of phenolic OH excluding ortho intramolecular Hbond substituents is 1. The molecule has 2 rings (SSSR count). The zero-order valence-electron chi connectivity index (χ0n) is 9.61. The molecule has 1 aromatic rings. The maximum atomic E-state index is 12.0. The molecule has 1 fully saturated rings. The molecule has 0 spiro atoms. The van der Waals surface area contributed by atoms with Gasteiger partial charge < -0.3 is 10.4 Å². The quantitative estimate of drug-likeness (QED) is 0.473. The molecule has 4 nitrogen and oxygen atoms in total. The summed E-state index contributed by atoms with van der Waals surface area (Å²) < 4.78 is 0.738. The SMILES string of the molecule is CCN1C(=O)/C(=C/c2ccc(O)c(I)c2)NC1=S. The van der Waals surface area contributed by atoms with Crippen LogP contribution in [0.2, 0.25) is 0 Å². The zero-order chi connectivity index (χ0) is 13.3. The normalized spacial score (nSPS) is 17.4. The predicted octanol–water partition coefficient (Wildman–Crippen LogP) is 2.07. The lowest BCUT2D eigenvalue weighted by Crippen LogP contribution is -2.30. The van der Waals surface area contributed by atoms with E-state index in [4.69, 9.17) is 12.2 Å². The summed E-state index contributed by atoms with van der Waals surface area (Å²) in [6, 6.07) is 5.15. The van der Waals surface area contributed by atoms with Crippen LogP contribution in [0.15, 0.2) is 23.9 Å². The van der Waals surface area contributed by atoms with Crippen LogP contribution in [0.4, 0.5) is 0 Å². The van der Waals surface area contributed by atoms with Crippen molar-refractivity contribution in [1.29, 1.82) is 0 Å². The molecule has 0 unspecified atom stereocenters. The molecule has 2 N–H and O–H groups in total. The number of amides is 1. The van der Waals surface area contributed by atoms with Gasteiger partial charge in [0.1, 0.15) is 11.4 Å². The van der Waals surface area contributed by atoms with Gasteiger partial charge in [0.2, 0.25) is 0 Å². The Morgan fingerprint density at radius 2 is 2.28 bits per heavy atom.